The lowest BCUT2D eigenvalue weighted by atomic mass is 10.0. The highest BCUT2D eigenvalue weighted by Gasteiger charge is 2.16. The van der Waals surface area contributed by atoms with Gasteiger partial charge < -0.3 is 19.5 Å². The van der Waals surface area contributed by atoms with Crippen LogP contribution >= 0.6 is 0 Å². The minimum absolute atomic E-state index is 0.106. The number of para-hydroxylation sites is 1. The fraction of sp³-hybridized carbons (Fsp3) is 0. The van der Waals surface area contributed by atoms with Crippen LogP contribution in [0.3, 0.4) is 0 Å². The summed E-state index contributed by atoms with van der Waals surface area (Å²) in [6.07, 6.45) is 0. The van der Waals surface area contributed by atoms with Gasteiger partial charge in [0.2, 0.25) is 0 Å². The highest BCUT2D eigenvalue weighted by molar-refractivity contribution is 7.81. The van der Waals surface area contributed by atoms with Gasteiger partial charge in [0, 0.05) is 6.07 Å². The van der Waals surface area contributed by atoms with Crippen LogP contribution in [0.1, 0.15) is 10.4 Å². The Kier molecular flexibility index (Phi) is 6.39. The third kappa shape index (κ3) is 5.03. The third-order valence-corrected chi connectivity index (χ3v) is 5.56. The van der Waals surface area contributed by atoms with Crippen LogP contribution in [0.2, 0.25) is 0 Å². The standard InChI is InChI=1S/C25H19NO6S/c27-24-16-20(11-14-23(24)25(28)29)26(33(30)31)19-6-4-5-18(15-19)17-9-12-22(13-10-17)32-21-7-2-1-3-8-21/h1-16,27H,(H,28,29)(H,30,31)/p-1. The van der Waals surface area contributed by atoms with E-state index in [0.29, 0.717) is 11.4 Å². The van der Waals surface area contributed by atoms with Crippen LogP contribution in [0.15, 0.2) is 97.1 Å². The van der Waals surface area contributed by atoms with Gasteiger partial charge in [-0.2, -0.15) is 0 Å². The van der Waals surface area contributed by atoms with Crippen molar-refractivity contribution in [3.63, 3.8) is 0 Å². The fourth-order valence-electron chi connectivity index (χ4n) is 3.30. The van der Waals surface area contributed by atoms with Gasteiger partial charge in [0.1, 0.15) is 22.8 Å². The first kappa shape index (κ1) is 22.1. The molecule has 0 radical (unpaired) electrons. The van der Waals surface area contributed by atoms with Crippen molar-refractivity contribution in [2.45, 2.75) is 0 Å². The molecule has 0 saturated heterocycles. The second kappa shape index (κ2) is 9.56. The number of aromatic hydroxyl groups is 1. The topological polar surface area (TPSA) is 110 Å². The van der Waals surface area contributed by atoms with Gasteiger partial charge in [-0.3, -0.25) is 8.51 Å². The molecule has 1 atom stereocenters. The number of hydrogen-bond acceptors (Lipinski definition) is 5. The first-order valence-electron chi connectivity index (χ1n) is 9.81. The molecule has 166 valence electrons. The Morgan fingerprint density at radius 1 is 0.788 bits per heavy atom. The Morgan fingerprint density at radius 3 is 2.09 bits per heavy atom. The van der Waals surface area contributed by atoms with E-state index in [1.165, 1.54) is 6.07 Å². The number of hydrogen-bond donors (Lipinski definition) is 2. The van der Waals surface area contributed by atoms with Crippen molar-refractivity contribution in [3.8, 4) is 28.4 Å². The summed E-state index contributed by atoms with van der Waals surface area (Å²) in [6, 6.07) is 27.2. The molecule has 0 saturated carbocycles. The molecule has 0 aliphatic carbocycles. The predicted octanol–water partition coefficient (Wildman–Crippen LogP) is 5.48. The van der Waals surface area contributed by atoms with Gasteiger partial charge in [0.25, 0.3) is 0 Å². The highest BCUT2D eigenvalue weighted by Crippen LogP contribution is 2.34. The van der Waals surface area contributed by atoms with Crippen molar-refractivity contribution in [3.05, 3.63) is 103 Å². The van der Waals surface area contributed by atoms with E-state index in [0.717, 1.165) is 33.3 Å². The Bertz CT molecular complexity index is 1310. The van der Waals surface area contributed by atoms with Crippen LogP contribution in [0.4, 0.5) is 11.4 Å². The molecule has 7 nitrogen and oxygen atoms in total. The number of phenols is 1. The Labute approximate surface area is 192 Å². The van der Waals surface area contributed by atoms with E-state index in [1.807, 2.05) is 60.7 Å². The summed E-state index contributed by atoms with van der Waals surface area (Å²) >= 11 is -2.72. The molecule has 0 spiro atoms. The minimum Gasteiger partial charge on any atom is -0.755 e. The van der Waals surface area contributed by atoms with Crippen LogP contribution in [0, 0.1) is 0 Å². The molecule has 1 unspecified atom stereocenters. The van der Waals surface area contributed by atoms with Crippen LogP contribution in [-0.2, 0) is 11.3 Å². The Morgan fingerprint density at radius 2 is 1.45 bits per heavy atom. The van der Waals surface area contributed by atoms with Crippen LogP contribution < -0.4 is 9.04 Å². The number of carboxylic acid groups (broad SMARTS) is 1. The number of ether oxygens (including phenoxy) is 1. The maximum absolute atomic E-state index is 12.0. The van der Waals surface area contributed by atoms with E-state index in [9.17, 15) is 18.7 Å². The Hall–Kier alpha value is -4.14. The SMILES string of the molecule is O=C(O)c1ccc(N(c2cccc(-c3ccc(Oc4ccccc4)cc3)c2)S(=O)[O-])cc1O. The van der Waals surface area contributed by atoms with Crippen molar-refractivity contribution in [1.82, 2.24) is 0 Å². The van der Waals surface area contributed by atoms with Crippen LogP contribution in [0.5, 0.6) is 17.2 Å². The average Bonchev–Trinajstić information content (AvgIpc) is 2.80. The number of nitrogens with zero attached hydrogens (tertiary/aromatic N) is 1. The zero-order valence-electron chi connectivity index (χ0n) is 17.1. The second-order valence-electron chi connectivity index (χ2n) is 7.01. The van der Waals surface area contributed by atoms with E-state index >= 15 is 0 Å². The number of anilines is 2. The normalized spacial score (nSPS) is 11.5. The largest absolute Gasteiger partial charge is 0.755 e. The van der Waals surface area contributed by atoms with Gasteiger partial charge in [-0.1, -0.05) is 42.5 Å². The molecular weight excluding hydrogens is 442 g/mol. The molecule has 0 aromatic heterocycles. The molecule has 0 bridgehead atoms. The first-order chi connectivity index (χ1) is 15.9. The summed E-state index contributed by atoms with van der Waals surface area (Å²) in [4.78, 5) is 11.1. The summed E-state index contributed by atoms with van der Waals surface area (Å²) in [7, 11) is 0. The summed E-state index contributed by atoms with van der Waals surface area (Å²) in [6.45, 7) is 0. The third-order valence-electron chi connectivity index (χ3n) is 4.84. The van der Waals surface area contributed by atoms with Crippen molar-refractivity contribution in [2.75, 3.05) is 4.31 Å². The van der Waals surface area contributed by atoms with Gasteiger partial charge in [0.05, 0.1) is 22.6 Å². The number of benzene rings is 4. The van der Waals surface area contributed by atoms with Crippen molar-refractivity contribution in [1.29, 1.82) is 0 Å². The molecular formula is C25H18NO6S-. The molecule has 0 fully saturated rings. The zero-order valence-corrected chi connectivity index (χ0v) is 17.9. The minimum atomic E-state index is -2.72. The van der Waals surface area contributed by atoms with Gasteiger partial charge in [-0.25, -0.2) is 4.79 Å². The number of carboxylic acids is 1. The molecule has 0 aliphatic rings. The van der Waals surface area contributed by atoms with Crippen molar-refractivity contribution >= 4 is 28.6 Å². The molecule has 8 heteroatoms. The monoisotopic (exact) mass is 460 g/mol. The molecule has 0 heterocycles. The lowest BCUT2D eigenvalue weighted by Crippen LogP contribution is -2.19. The van der Waals surface area contributed by atoms with Crippen LogP contribution in [-0.4, -0.2) is 24.9 Å². The van der Waals surface area contributed by atoms with Crippen LogP contribution in [0.25, 0.3) is 11.1 Å². The second-order valence-corrected chi connectivity index (χ2v) is 7.81. The van der Waals surface area contributed by atoms with Gasteiger partial charge in [-0.05, 0) is 59.7 Å². The first-order valence-corrected chi connectivity index (χ1v) is 10.8. The summed E-state index contributed by atoms with van der Waals surface area (Å²) in [5.41, 5.74) is 1.73. The molecule has 33 heavy (non-hydrogen) atoms. The van der Waals surface area contributed by atoms with Gasteiger partial charge in [0.15, 0.2) is 0 Å². The average molecular weight is 460 g/mol. The van der Waals surface area contributed by atoms with E-state index in [-0.39, 0.29) is 11.3 Å². The Balaban J connectivity index is 1.62. The maximum atomic E-state index is 12.0. The fourth-order valence-corrected chi connectivity index (χ4v) is 3.87. The lowest BCUT2D eigenvalue weighted by Gasteiger charge is -2.27. The van der Waals surface area contributed by atoms with Crippen molar-refractivity contribution < 1.29 is 28.5 Å². The molecule has 2 N–H and O–H groups in total. The van der Waals surface area contributed by atoms with Crippen molar-refractivity contribution in [2.24, 2.45) is 0 Å². The van der Waals surface area contributed by atoms with E-state index in [1.54, 1.807) is 18.2 Å². The molecule has 4 aromatic carbocycles. The molecule has 0 amide bonds. The number of aromatic carboxylic acids is 1. The molecule has 4 rings (SSSR count). The van der Waals surface area contributed by atoms with Gasteiger partial charge >= 0.3 is 5.97 Å². The predicted molar refractivity (Wildman–Crippen MR) is 125 cm³/mol. The number of rotatable bonds is 7. The smallest absolute Gasteiger partial charge is 0.339 e. The lowest BCUT2D eigenvalue weighted by molar-refractivity contribution is 0.0693. The van der Waals surface area contributed by atoms with E-state index in [4.69, 9.17) is 9.84 Å². The summed E-state index contributed by atoms with van der Waals surface area (Å²) < 4.78 is 30.8. The highest BCUT2D eigenvalue weighted by atomic mass is 32.2. The van der Waals surface area contributed by atoms with E-state index in [2.05, 4.69) is 0 Å². The summed E-state index contributed by atoms with van der Waals surface area (Å²) in [5.74, 6) is -0.452. The number of carbonyl (C=O) groups is 1. The van der Waals surface area contributed by atoms with E-state index < -0.39 is 23.0 Å². The molecule has 4 aromatic rings. The summed E-state index contributed by atoms with van der Waals surface area (Å²) in [5, 5.41) is 19.1. The van der Waals surface area contributed by atoms with Gasteiger partial charge in [-0.15, -0.1) is 0 Å². The maximum Gasteiger partial charge on any atom is 0.339 e. The quantitative estimate of drug-likeness (QED) is 0.353. The molecule has 0 aliphatic heterocycles. The zero-order chi connectivity index (χ0) is 23.4.